The summed E-state index contributed by atoms with van der Waals surface area (Å²) in [6.45, 7) is 11.9. The van der Waals surface area contributed by atoms with E-state index in [9.17, 15) is 4.79 Å². The number of morpholine rings is 1. The van der Waals surface area contributed by atoms with E-state index in [4.69, 9.17) is 14.5 Å². The summed E-state index contributed by atoms with van der Waals surface area (Å²) in [6.07, 6.45) is 3.94. The van der Waals surface area contributed by atoms with Crippen LogP contribution in [0.5, 0.6) is 5.75 Å². The second-order valence-corrected chi connectivity index (χ2v) is 12.2. The molecule has 3 aliphatic heterocycles. The summed E-state index contributed by atoms with van der Waals surface area (Å²) in [5, 5.41) is 0.728. The molecule has 1 atom stereocenters. The molecule has 0 aromatic heterocycles. The van der Waals surface area contributed by atoms with Crippen molar-refractivity contribution in [2.24, 2.45) is 4.99 Å². The highest BCUT2D eigenvalue weighted by Crippen LogP contribution is 2.46. The molecule has 0 bridgehead atoms. The molecule has 208 valence electrons. The summed E-state index contributed by atoms with van der Waals surface area (Å²) in [6, 6.07) is 14.2. The molecule has 7 nitrogen and oxygen atoms in total. The van der Waals surface area contributed by atoms with Crippen LogP contribution < -0.4 is 9.64 Å². The number of anilines is 1. The number of carbonyl (C=O) groups excluding carboxylic acids is 1. The topological polar surface area (TPSA) is 57.6 Å². The number of hydrogen-bond acceptors (Lipinski definition) is 7. The number of benzene rings is 2. The highest BCUT2D eigenvalue weighted by atomic mass is 32.2. The summed E-state index contributed by atoms with van der Waals surface area (Å²) in [5.74, 6) is 1.19. The molecule has 39 heavy (non-hydrogen) atoms. The minimum Gasteiger partial charge on any atom is -0.496 e. The van der Waals surface area contributed by atoms with Gasteiger partial charge in [-0.3, -0.25) is 14.6 Å². The van der Waals surface area contributed by atoms with E-state index < -0.39 is 0 Å². The van der Waals surface area contributed by atoms with E-state index in [0.29, 0.717) is 17.4 Å². The zero-order valence-electron chi connectivity index (χ0n) is 23.8. The number of rotatable bonds is 7. The number of para-hydroxylation sites is 1. The van der Waals surface area contributed by atoms with Crippen LogP contribution in [-0.4, -0.2) is 80.0 Å². The molecule has 2 saturated heterocycles. The van der Waals surface area contributed by atoms with E-state index in [2.05, 4.69) is 49.8 Å². The second-order valence-electron chi connectivity index (χ2n) is 11.2. The molecule has 2 fully saturated rings. The maximum atomic E-state index is 13.8. The molecular formula is C31H40N4O3S. The predicted octanol–water partition coefficient (Wildman–Crippen LogP) is 5.74. The molecule has 0 N–H and O–H groups in total. The normalized spacial score (nSPS) is 23.5. The zero-order valence-corrected chi connectivity index (χ0v) is 24.6. The lowest BCUT2D eigenvalue weighted by Gasteiger charge is -2.45. The molecule has 3 heterocycles. The van der Waals surface area contributed by atoms with Crippen LogP contribution in [-0.2, 0) is 9.53 Å². The molecule has 2 aromatic rings. The van der Waals surface area contributed by atoms with Crippen molar-refractivity contribution in [3.05, 3.63) is 58.5 Å². The third-order valence-corrected chi connectivity index (χ3v) is 9.11. The Labute approximate surface area is 236 Å². The van der Waals surface area contributed by atoms with E-state index in [0.717, 1.165) is 67.9 Å². The van der Waals surface area contributed by atoms with Crippen LogP contribution in [0, 0.1) is 0 Å². The fourth-order valence-electron chi connectivity index (χ4n) is 5.72. The van der Waals surface area contributed by atoms with Crippen LogP contribution in [0.4, 0.5) is 11.4 Å². The fourth-order valence-corrected chi connectivity index (χ4v) is 6.74. The number of amides is 1. The van der Waals surface area contributed by atoms with Crippen molar-refractivity contribution in [1.29, 1.82) is 0 Å². The molecule has 0 aliphatic carbocycles. The first-order chi connectivity index (χ1) is 18.8. The molecule has 1 unspecified atom stereocenters. The van der Waals surface area contributed by atoms with Crippen molar-refractivity contribution in [1.82, 2.24) is 9.80 Å². The van der Waals surface area contributed by atoms with Crippen LogP contribution in [0.2, 0.25) is 0 Å². The molecule has 3 aliphatic rings. The Morgan fingerprint density at radius 2 is 1.90 bits per heavy atom. The van der Waals surface area contributed by atoms with Gasteiger partial charge < -0.3 is 14.4 Å². The summed E-state index contributed by atoms with van der Waals surface area (Å²) < 4.78 is 11.3. The van der Waals surface area contributed by atoms with Crippen LogP contribution in [0.15, 0.2) is 52.4 Å². The number of ether oxygens (including phenoxy) is 2. The van der Waals surface area contributed by atoms with E-state index in [1.54, 1.807) is 7.11 Å². The van der Waals surface area contributed by atoms with Crippen molar-refractivity contribution < 1.29 is 14.3 Å². The lowest BCUT2D eigenvalue weighted by atomic mass is 9.80. The van der Waals surface area contributed by atoms with Gasteiger partial charge in [-0.1, -0.05) is 25.1 Å². The average Bonchev–Trinajstić information content (AvgIpc) is 3.21. The van der Waals surface area contributed by atoms with Gasteiger partial charge in [-0.25, -0.2) is 4.99 Å². The summed E-state index contributed by atoms with van der Waals surface area (Å²) >= 11 is 1.45. The maximum Gasteiger partial charge on any atom is 0.266 e. The van der Waals surface area contributed by atoms with Crippen molar-refractivity contribution >= 4 is 40.3 Å². The Balaban J connectivity index is 1.44. The summed E-state index contributed by atoms with van der Waals surface area (Å²) in [4.78, 5) is 25.9. The number of amidine groups is 1. The van der Waals surface area contributed by atoms with Gasteiger partial charge in [0.1, 0.15) is 5.75 Å². The zero-order chi connectivity index (χ0) is 27.6. The van der Waals surface area contributed by atoms with Crippen LogP contribution in [0.3, 0.4) is 0 Å². The molecule has 5 rings (SSSR count). The SMILES string of the molecule is COc1cc2c(cc1/C=C1/SC(=Nc3ccccc3)N(CCCN3CCOCC3)C1=O)C(C)CC(C)(C)N2C. The van der Waals surface area contributed by atoms with Crippen LogP contribution in [0.1, 0.15) is 50.7 Å². The number of fused-ring (bicyclic) bond motifs is 1. The first-order valence-corrected chi connectivity index (χ1v) is 14.7. The molecule has 2 aromatic carbocycles. The summed E-state index contributed by atoms with van der Waals surface area (Å²) in [7, 11) is 3.85. The largest absolute Gasteiger partial charge is 0.496 e. The van der Waals surface area contributed by atoms with Gasteiger partial charge >= 0.3 is 0 Å². The minimum absolute atomic E-state index is 0.00253. The van der Waals surface area contributed by atoms with Crippen molar-refractivity contribution in [3.8, 4) is 5.75 Å². The Morgan fingerprint density at radius 3 is 2.62 bits per heavy atom. The van der Waals surface area contributed by atoms with Gasteiger partial charge in [0.15, 0.2) is 5.17 Å². The third-order valence-electron chi connectivity index (χ3n) is 8.10. The number of methoxy groups -OCH3 is 1. The van der Waals surface area contributed by atoms with Gasteiger partial charge in [-0.05, 0) is 74.2 Å². The maximum absolute atomic E-state index is 13.8. The Bertz CT molecular complexity index is 1250. The smallest absolute Gasteiger partial charge is 0.266 e. The molecule has 1 amide bonds. The lowest BCUT2D eigenvalue weighted by Crippen LogP contribution is -2.45. The molecular weight excluding hydrogens is 508 g/mol. The van der Waals surface area contributed by atoms with Gasteiger partial charge in [0, 0.05) is 56.1 Å². The van der Waals surface area contributed by atoms with Gasteiger partial charge in [-0.2, -0.15) is 0 Å². The number of nitrogens with zero attached hydrogens (tertiary/aromatic N) is 4. The highest BCUT2D eigenvalue weighted by molar-refractivity contribution is 8.18. The van der Waals surface area contributed by atoms with Gasteiger partial charge in [0.05, 0.1) is 30.9 Å². The van der Waals surface area contributed by atoms with Gasteiger partial charge in [0.2, 0.25) is 0 Å². The number of carbonyl (C=O) groups is 1. The Morgan fingerprint density at radius 1 is 1.15 bits per heavy atom. The first-order valence-electron chi connectivity index (χ1n) is 13.9. The van der Waals surface area contributed by atoms with Crippen molar-refractivity contribution in [2.45, 2.75) is 45.1 Å². The predicted molar refractivity (Wildman–Crippen MR) is 161 cm³/mol. The van der Waals surface area contributed by atoms with Crippen LogP contribution in [0.25, 0.3) is 6.08 Å². The van der Waals surface area contributed by atoms with E-state index in [1.165, 1.54) is 23.0 Å². The molecule has 0 radical (unpaired) electrons. The molecule has 0 spiro atoms. The Kier molecular flexibility index (Phi) is 8.35. The molecule has 8 heteroatoms. The van der Waals surface area contributed by atoms with E-state index >= 15 is 0 Å². The van der Waals surface area contributed by atoms with Gasteiger partial charge in [0.25, 0.3) is 5.91 Å². The van der Waals surface area contributed by atoms with Crippen LogP contribution >= 0.6 is 11.8 Å². The van der Waals surface area contributed by atoms with E-state index in [1.807, 2.05) is 41.3 Å². The third kappa shape index (κ3) is 6.03. The lowest BCUT2D eigenvalue weighted by molar-refractivity contribution is -0.122. The highest BCUT2D eigenvalue weighted by Gasteiger charge is 2.36. The number of aliphatic imine (C=N–C) groups is 1. The monoisotopic (exact) mass is 548 g/mol. The average molecular weight is 549 g/mol. The first kappa shape index (κ1) is 27.7. The minimum atomic E-state index is 0.00253. The second kappa shape index (κ2) is 11.7. The van der Waals surface area contributed by atoms with Crippen molar-refractivity contribution in [2.75, 3.05) is 58.5 Å². The van der Waals surface area contributed by atoms with Gasteiger partial charge in [-0.15, -0.1) is 0 Å². The van der Waals surface area contributed by atoms with E-state index in [-0.39, 0.29) is 11.4 Å². The van der Waals surface area contributed by atoms with Crippen molar-refractivity contribution in [3.63, 3.8) is 0 Å². The fraction of sp³-hybridized carbons (Fsp3) is 0.484. The Hall–Kier alpha value is -2.81. The quantitative estimate of drug-likeness (QED) is 0.411. The molecule has 0 saturated carbocycles. The number of thioether (sulfide) groups is 1. The number of hydrogen-bond donors (Lipinski definition) is 0. The standard InChI is InChI=1S/C31H40N4O3S/c1-22-21-31(2,3)33(4)26-20-27(37-5)23(18-25(22)26)19-28-29(36)35(13-9-12-34-14-16-38-17-15-34)30(39-28)32-24-10-7-6-8-11-24/h6-8,10-11,18-20,22H,9,12-17,21H2,1-5H3/b28-19+,32-30?. The summed E-state index contributed by atoms with van der Waals surface area (Å²) in [5.41, 5.74) is 4.33.